The molecule has 20 heavy (non-hydrogen) atoms. The van der Waals surface area contributed by atoms with Gasteiger partial charge in [-0.1, -0.05) is 23.2 Å². The van der Waals surface area contributed by atoms with E-state index in [1.54, 1.807) is 17.5 Å². The number of benzene rings is 1. The van der Waals surface area contributed by atoms with Crippen molar-refractivity contribution in [1.82, 2.24) is 4.98 Å². The van der Waals surface area contributed by atoms with Gasteiger partial charge in [0.25, 0.3) is 5.91 Å². The predicted molar refractivity (Wildman–Crippen MR) is 83.9 cm³/mol. The number of nitrogens with one attached hydrogen (secondary N) is 1. The van der Waals surface area contributed by atoms with E-state index in [0.29, 0.717) is 26.4 Å². The Morgan fingerprint density at radius 1 is 1.40 bits per heavy atom. The maximum atomic E-state index is 12.1. The van der Waals surface area contributed by atoms with Crippen LogP contribution in [0.15, 0.2) is 17.5 Å². The molecule has 2 rings (SSSR count). The van der Waals surface area contributed by atoms with Crippen molar-refractivity contribution < 1.29 is 4.79 Å². The fraction of sp³-hybridized carbons (Fsp3) is 0.231. The third kappa shape index (κ3) is 3.30. The number of thiazole rings is 1. The summed E-state index contributed by atoms with van der Waals surface area (Å²) in [6.07, 6.45) is 0. The van der Waals surface area contributed by atoms with Crippen molar-refractivity contribution in [2.24, 2.45) is 5.73 Å². The highest BCUT2D eigenvalue weighted by atomic mass is 35.5. The van der Waals surface area contributed by atoms with Gasteiger partial charge in [-0.25, -0.2) is 4.98 Å². The minimum absolute atomic E-state index is 0.195. The van der Waals surface area contributed by atoms with E-state index in [2.05, 4.69) is 10.3 Å². The average molecular weight is 330 g/mol. The molecular weight excluding hydrogens is 317 g/mol. The molecule has 7 heteroatoms. The smallest absolute Gasteiger partial charge is 0.275 e. The first-order valence-electron chi connectivity index (χ1n) is 5.86. The van der Waals surface area contributed by atoms with Crippen molar-refractivity contribution in [2.75, 3.05) is 5.32 Å². The average Bonchev–Trinajstić information content (AvgIpc) is 2.85. The molecule has 1 unspecified atom stereocenters. The molecule has 1 atom stereocenters. The summed E-state index contributed by atoms with van der Waals surface area (Å²) in [6, 6.07) is 3.13. The van der Waals surface area contributed by atoms with Crippen molar-refractivity contribution in [2.45, 2.75) is 19.9 Å². The molecule has 0 aliphatic carbocycles. The van der Waals surface area contributed by atoms with Gasteiger partial charge in [0.1, 0.15) is 10.7 Å². The molecule has 1 heterocycles. The lowest BCUT2D eigenvalue weighted by Gasteiger charge is -2.08. The lowest BCUT2D eigenvalue weighted by Crippen LogP contribution is -2.13. The fourth-order valence-electron chi connectivity index (χ4n) is 1.53. The quantitative estimate of drug-likeness (QED) is 0.893. The second-order valence-corrected chi connectivity index (χ2v) is 6.10. The van der Waals surface area contributed by atoms with Gasteiger partial charge >= 0.3 is 0 Å². The van der Waals surface area contributed by atoms with Crippen LogP contribution in [0.4, 0.5) is 5.69 Å². The van der Waals surface area contributed by atoms with Gasteiger partial charge in [0.05, 0.1) is 16.8 Å². The van der Waals surface area contributed by atoms with Crippen molar-refractivity contribution in [3.63, 3.8) is 0 Å². The zero-order chi connectivity index (χ0) is 14.9. The minimum atomic E-state index is -0.338. The molecule has 0 aliphatic heterocycles. The molecule has 0 radical (unpaired) electrons. The van der Waals surface area contributed by atoms with E-state index < -0.39 is 0 Å². The minimum Gasteiger partial charge on any atom is -0.322 e. The Bertz CT molecular complexity index is 655. The van der Waals surface area contributed by atoms with Gasteiger partial charge < -0.3 is 11.1 Å². The number of nitrogens with zero attached hydrogens (tertiary/aromatic N) is 1. The van der Waals surface area contributed by atoms with E-state index in [0.717, 1.165) is 5.56 Å². The molecule has 2 aromatic rings. The lowest BCUT2D eigenvalue weighted by atomic mass is 10.2. The van der Waals surface area contributed by atoms with Crippen LogP contribution in [-0.4, -0.2) is 10.9 Å². The van der Waals surface area contributed by atoms with Crippen LogP contribution in [0.5, 0.6) is 0 Å². The van der Waals surface area contributed by atoms with Gasteiger partial charge in [0.2, 0.25) is 0 Å². The number of carbonyl (C=O) groups excluding carboxylic acids is 1. The van der Waals surface area contributed by atoms with Gasteiger partial charge in [0.15, 0.2) is 0 Å². The molecule has 106 valence electrons. The van der Waals surface area contributed by atoms with Crippen LogP contribution in [0.1, 0.15) is 34.0 Å². The Kier molecular flexibility index (Phi) is 4.65. The summed E-state index contributed by atoms with van der Waals surface area (Å²) < 4.78 is 0. The number of anilines is 1. The molecule has 0 spiro atoms. The highest BCUT2D eigenvalue weighted by Crippen LogP contribution is 2.29. The second kappa shape index (κ2) is 6.10. The Hall–Kier alpha value is -1.14. The molecular formula is C13H13Cl2N3OS. The maximum absolute atomic E-state index is 12.1. The molecule has 0 fully saturated rings. The summed E-state index contributed by atoms with van der Waals surface area (Å²) in [5.74, 6) is -0.338. The van der Waals surface area contributed by atoms with Crippen LogP contribution in [0.2, 0.25) is 10.0 Å². The first-order valence-corrected chi connectivity index (χ1v) is 7.50. The zero-order valence-corrected chi connectivity index (χ0v) is 13.2. The molecule has 1 aromatic carbocycles. The van der Waals surface area contributed by atoms with Crippen molar-refractivity contribution >= 4 is 46.1 Å². The van der Waals surface area contributed by atoms with Gasteiger partial charge in [-0.05, 0) is 31.5 Å². The first kappa shape index (κ1) is 15.3. The zero-order valence-electron chi connectivity index (χ0n) is 10.9. The van der Waals surface area contributed by atoms with E-state index in [9.17, 15) is 4.79 Å². The summed E-state index contributed by atoms with van der Waals surface area (Å²) in [5, 5.41) is 6.04. The summed E-state index contributed by atoms with van der Waals surface area (Å²) >= 11 is 13.4. The van der Waals surface area contributed by atoms with Crippen LogP contribution >= 0.6 is 34.5 Å². The molecule has 1 aromatic heterocycles. The van der Waals surface area contributed by atoms with Crippen molar-refractivity contribution in [1.29, 1.82) is 0 Å². The predicted octanol–water partition coefficient (Wildman–Crippen LogP) is 4.03. The normalized spacial score (nSPS) is 12.2. The van der Waals surface area contributed by atoms with Crippen LogP contribution in [0.25, 0.3) is 0 Å². The van der Waals surface area contributed by atoms with E-state index in [1.807, 2.05) is 13.8 Å². The first-order chi connectivity index (χ1) is 9.38. The summed E-state index contributed by atoms with van der Waals surface area (Å²) in [5.41, 5.74) is 7.34. The Morgan fingerprint density at radius 3 is 2.70 bits per heavy atom. The largest absolute Gasteiger partial charge is 0.322 e. The van der Waals surface area contributed by atoms with Crippen LogP contribution < -0.4 is 11.1 Å². The molecule has 0 bridgehead atoms. The summed E-state index contributed by atoms with van der Waals surface area (Å²) in [4.78, 5) is 16.3. The van der Waals surface area contributed by atoms with Gasteiger partial charge in [-0.15, -0.1) is 11.3 Å². The number of aromatic nitrogens is 1. The van der Waals surface area contributed by atoms with Crippen LogP contribution in [0.3, 0.4) is 0 Å². The third-order valence-corrected chi connectivity index (χ3v) is 4.41. The van der Waals surface area contributed by atoms with E-state index in [1.165, 1.54) is 11.3 Å². The van der Waals surface area contributed by atoms with Gasteiger partial charge in [-0.3, -0.25) is 4.79 Å². The standard InChI is InChI=1S/C13H13Cl2N3OS/c1-6-3-9(15)10(4-8(6)14)17-12(19)11-5-20-13(18-11)7(2)16/h3-5,7H,16H2,1-2H3,(H,17,19). The van der Waals surface area contributed by atoms with E-state index in [4.69, 9.17) is 28.9 Å². The van der Waals surface area contributed by atoms with Crippen molar-refractivity contribution in [3.05, 3.63) is 43.8 Å². The highest BCUT2D eigenvalue weighted by Gasteiger charge is 2.14. The molecule has 3 N–H and O–H groups in total. The maximum Gasteiger partial charge on any atom is 0.275 e. The third-order valence-electron chi connectivity index (χ3n) is 2.64. The molecule has 0 aliphatic rings. The Labute approximate surface area is 130 Å². The monoisotopic (exact) mass is 329 g/mol. The second-order valence-electron chi connectivity index (χ2n) is 4.40. The van der Waals surface area contributed by atoms with Crippen molar-refractivity contribution in [3.8, 4) is 0 Å². The number of hydrogen-bond acceptors (Lipinski definition) is 4. The number of aryl methyl sites for hydroxylation is 1. The van der Waals surface area contributed by atoms with Gasteiger partial charge in [-0.2, -0.15) is 0 Å². The summed E-state index contributed by atoms with van der Waals surface area (Å²) in [6.45, 7) is 3.66. The highest BCUT2D eigenvalue weighted by molar-refractivity contribution is 7.09. The molecule has 4 nitrogen and oxygen atoms in total. The molecule has 1 amide bonds. The number of carbonyl (C=O) groups is 1. The Morgan fingerprint density at radius 2 is 2.10 bits per heavy atom. The van der Waals surface area contributed by atoms with E-state index >= 15 is 0 Å². The fourth-order valence-corrected chi connectivity index (χ4v) is 2.72. The molecule has 0 saturated carbocycles. The lowest BCUT2D eigenvalue weighted by molar-refractivity contribution is 0.102. The Balaban J connectivity index is 2.21. The summed E-state index contributed by atoms with van der Waals surface area (Å²) in [7, 11) is 0. The molecule has 0 saturated heterocycles. The topological polar surface area (TPSA) is 68.0 Å². The SMILES string of the molecule is Cc1cc(Cl)c(NC(=O)c2csc(C(C)N)n2)cc1Cl. The number of rotatable bonds is 3. The van der Waals surface area contributed by atoms with E-state index in [-0.39, 0.29) is 11.9 Å². The number of hydrogen-bond donors (Lipinski definition) is 2. The number of nitrogens with two attached hydrogens (primary N) is 1. The number of halogens is 2. The van der Waals surface area contributed by atoms with Crippen LogP contribution in [-0.2, 0) is 0 Å². The number of amides is 1. The van der Waals surface area contributed by atoms with Crippen LogP contribution in [0, 0.1) is 6.92 Å². The van der Waals surface area contributed by atoms with Gasteiger partial charge in [0, 0.05) is 10.4 Å².